The number of amides is 2. The predicted octanol–water partition coefficient (Wildman–Crippen LogP) is 2.80. The number of hydrogen-bond acceptors (Lipinski definition) is 5. The minimum Gasteiger partial charge on any atom is -0.366 e. The molecule has 3 rings (SSSR count). The summed E-state index contributed by atoms with van der Waals surface area (Å²) in [5, 5.41) is 17.0. The summed E-state index contributed by atoms with van der Waals surface area (Å²) in [7, 11) is 1.48. The molecular weight excluding hydrogens is 384 g/mol. The third-order valence-corrected chi connectivity index (χ3v) is 5.46. The zero-order valence-corrected chi connectivity index (χ0v) is 17.2. The second-order valence-corrected chi connectivity index (χ2v) is 7.50. The molecule has 0 unspecified atom stereocenters. The Kier molecular flexibility index (Phi) is 6.66. The number of aryl methyl sites for hydroxylation is 1. The van der Waals surface area contributed by atoms with Crippen molar-refractivity contribution < 1.29 is 14.5 Å². The van der Waals surface area contributed by atoms with Crippen molar-refractivity contribution in [2.75, 3.05) is 25.0 Å². The summed E-state index contributed by atoms with van der Waals surface area (Å²) >= 11 is 0. The average molecular weight is 410 g/mol. The van der Waals surface area contributed by atoms with E-state index in [9.17, 15) is 19.7 Å². The van der Waals surface area contributed by atoms with Crippen molar-refractivity contribution in [1.82, 2.24) is 10.6 Å². The number of anilines is 1. The van der Waals surface area contributed by atoms with E-state index in [2.05, 4.69) is 10.6 Å². The van der Waals surface area contributed by atoms with Crippen LogP contribution in [-0.2, 0) is 11.3 Å². The summed E-state index contributed by atoms with van der Waals surface area (Å²) in [5.74, 6) is -0.468. The molecule has 0 spiro atoms. The lowest BCUT2D eigenvalue weighted by atomic mass is 9.95. The topological polar surface area (TPSA) is 105 Å². The highest BCUT2D eigenvalue weighted by Gasteiger charge is 2.28. The van der Waals surface area contributed by atoms with E-state index in [0.717, 1.165) is 5.56 Å². The van der Waals surface area contributed by atoms with E-state index < -0.39 is 4.92 Å². The fourth-order valence-corrected chi connectivity index (χ4v) is 3.64. The van der Waals surface area contributed by atoms with Crippen molar-refractivity contribution in [2.24, 2.45) is 5.92 Å². The van der Waals surface area contributed by atoms with Gasteiger partial charge < -0.3 is 15.5 Å². The van der Waals surface area contributed by atoms with Gasteiger partial charge in [-0.3, -0.25) is 19.7 Å². The van der Waals surface area contributed by atoms with E-state index in [1.807, 2.05) is 36.1 Å². The minimum atomic E-state index is -0.470. The Labute approximate surface area is 175 Å². The second kappa shape index (κ2) is 9.39. The Balaban J connectivity index is 1.60. The molecule has 8 heteroatoms. The lowest BCUT2D eigenvalue weighted by Gasteiger charge is -2.32. The molecule has 1 fully saturated rings. The first-order chi connectivity index (χ1) is 14.4. The number of benzene rings is 2. The van der Waals surface area contributed by atoms with Crippen molar-refractivity contribution in [3.8, 4) is 0 Å². The molecule has 0 atom stereocenters. The van der Waals surface area contributed by atoms with Gasteiger partial charge in [0.15, 0.2) is 0 Å². The van der Waals surface area contributed by atoms with Crippen molar-refractivity contribution in [2.45, 2.75) is 26.3 Å². The number of carbonyl (C=O) groups is 2. The van der Waals surface area contributed by atoms with Gasteiger partial charge >= 0.3 is 0 Å². The molecule has 0 saturated carbocycles. The van der Waals surface area contributed by atoms with E-state index in [-0.39, 0.29) is 29.0 Å². The smallest absolute Gasteiger partial charge is 0.293 e. The van der Waals surface area contributed by atoms with Gasteiger partial charge in [-0.1, -0.05) is 29.8 Å². The highest BCUT2D eigenvalue weighted by molar-refractivity contribution is 5.95. The zero-order chi connectivity index (χ0) is 21.7. The lowest BCUT2D eigenvalue weighted by molar-refractivity contribution is -0.384. The molecule has 0 radical (unpaired) electrons. The first-order valence-electron chi connectivity index (χ1n) is 9.97. The number of nitrogens with one attached hydrogen (secondary N) is 2. The van der Waals surface area contributed by atoms with Gasteiger partial charge in [-0.15, -0.1) is 0 Å². The quantitative estimate of drug-likeness (QED) is 0.563. The van der Waals surface area contributed by atoms with Crippen LogP contribution in [0.2, 0.25) is 0 Å². The SMILES string of the molecule is CNC(=O)c1ccc(N2CCC(C(=O)NCc3ccc(C)cc3)CC2)c([N+](=O)[O-])c1. The largest absolute Gasteiger partial charge is 0.366 e. The number of carbonyl (C=O) groups excluding carboxylic acids is 2. The Morgan fingerprint density at radius 2 is 1.80 bits per heavy atom. The molecule has 2 aromatic rings. The van der Waals surface area contributed by atoms with Crippen LogP contribution in [0.15, 0.2) is 42.5 Å². The zero-order valence-electron chi connectivity index (χ0n) is 17.2. The van der Waals surface area contributed by atoms with Crippen LogP contribution >= 0.6 is 0 Å². The normalized spacial score (nSPS) is 14.3. The summed E-state index contributed by atoms with van der Waals surface area (Å²) in [6, 6.07) is 12.5. The monoisotopic (exact) mass is 410 g/mol. The maximum atomic E-state index is 12.5. The number of hydrogen-bond donors (Lipinski definition) is 2. The van der Waals surface area contributed by atoms with Crippen LogP contribution in [-0.4, -0.2) is 36.9 Å². The van der Waals surface area contributed by atoms with Crippen LogP contribution in [0, 0.1) is 23.0 Å². The fraction of sp³-hybridized carbons (Fsp3) is 0.364. The molecule has 30 heavy (non-hydrogen) atoms. The summed E-state index contributed by atoms with van der Waals surface area (Å²) in [6.45, 7) is 3.60. The number of piperidine rings is 1. The molecule has 1 aliphatic rings. The summed E-state index contributed by atoms with van der Waals surface area (Å²) in [6.07, 6.45) is 1.24. The van der Waals surface area contributed by atoms with Gasteiger partial charge in [0, 0.05) is 44.2 Å². The molecule has 0 aromatic heterocycles. The Morgan fingerprint density at radius 1 is 1.13 bits per heavy atom. The van der Waals surface area contributed by atoms with E-state index in [1.165, 1.54) is 18.7 Å². The Morgan fingerprint density at radius 3 is 2.40 bits per heavy atom. The van der Waals surface area contributed by atoms with Crippen molar-refractivity contribution in [1.29, 1.82) is 0 Å². The summed E-state index contributed by atoms with van der Waals surface area (Å²) < 4.78 is 0. The van der Waals surface area contributed by atoms with Crippen molar-refractivity contribution in [3.63, 3.8) is 0 Å². The fourth-order valence-electron chi connectivity index (χ4n) is 3.64. The van der Waals surface area contributed by atoms with Crippen LogP contribution < -0.4 is 15.5 Å². The van der Waals surface area contributed by atoms with Crippen LogP contribution in [0.4, 0.5) is 11.4 Å². The molecule has 1 aliphatic heterocycles. The van der Waals surface area contributed by atoms with E-state index in [0.29, 0.717) is 38.2 Å². The molecule has 2 N–H and O–H groups in total. The molecule has 2 aromatic carbocycles. The number of nitrogens with zero attached hydrogens (tertiary/aromatic N) is 2. The highest BCUT2D eigenvalue weighted by Crippen LogP contribution is 2.32. The van der Waals surface area contributed by atoms with Crippen LogP contribution in [0.5, 0.6) is 0 Å². The molecule has 1 heterocycles. The van der Waals surface area contributed by atoms with Gasteiger partial charge in [0.05, 0.1) is 4.92 Å². The number of rotatable bonds is 6. The van der Waals surface area contributed by atoms with E-state index in [4.69, 9.17) is 0 Å². The van der Waals surface area contributed by atoms with Gasteiger partial charge in [-0.25, -0.2) is 0 Å². The number of nitro groups is 1. The van der Waals surface area contributed by atoms with E-state index >= 15 is 0 Å². The number of nitro benzene ring substituents is 1. The van der Waals surface area contributed by atoms with Gasteiger partial charge in [0.1, 0.15) is 5.69 Å². The van der Waals surface area contributed by atoms with E-state index in [1.54, 1.807) is 12.1 Å². The molecule has 0 bridgehead atoms. The first-order valence-corrected chi connectivity index (χ1v) is 9.97. The Bertz CT molecular complexity index is 935. The third-order valence-electron chi connectivity index (χ3n) is 5.46. The summed E-state index contributed by atoms with van der Waals surface area (Å²) in [5.41, 5.74) is 2.86. The molecule has 1 saturated heterocycles. The predicted molar refractivity (Wildman–Crippen MR) is 114 cm³/mol. The third kappa shape index (κ3) is 4.94. The van der Waals surface area contributed by atoms with Crippen LogP contribution in [0.1, 0.15) is 34.3 Å². The lowest BCUT2D eigenvalue weighted by Crippen LogP contribution is -2.40. The summed E-state index contributed by atoms with van der Waals surface area (Å²) in [4.78, 5) is 37.3. The average Bonchev–Trinajstić information content (AvgIpc) is 2.77. The standard InChI is InChI=1S/C22H26N4O4/c1-15-3-5-16(6-4-15)14-24-22(28)17-9-11-25(12-10-17)19-8-7-18(21(27)23-2)13-20(19)26(29)30/h3-8,13,17H,9-12,14H2,1-2H3,(H,23,27)(H,24,28). The van der Waals surface area contributed by atoms with Crippen LogP contribution in [0.3, 0.4) is 0 Å². The molecular formula is C22H26N4O4. The van der Waals surface area contributed by atoms with Crippen molar-refractivity contribution in [3.05, 3.63) is 69.3 Å². The maximum Gasteiger partial charge on any atom is 0.293 e. The molecule has 2 amide bonds. The highest BCUT2D eigenvalue weighted by atomic mass is 16.6. The molecule has 158 valence electrons. The Hall–Kier alpha value is -3.42. The molecule has 0 aliphatic carbocycles. The first kappa shape index (κ1) is 21.3. The maximum absolute atomic E-state index is 12.5. The minimum absolute atomic E-state index is 0.0136. The van der Waals surface area contributed by atoms with Crippen molar-refractivity contribution >= 4 is 23.2 Å². The second-order valence-electron chi connectivity index (χ2n) is 7.50. The van der Waals surface area contributed by atoms with Gasteiger partial charge in [0.25, 0.3) is 11.6 Å². The van der Waals surface area contributed by atoms with Crippen LogP contribution in [0.25, 0.3) is 0 Å². The van der Waals surface area contributed by atoms with Gasteiger partial charge in [0.2, 0.25) is 5.91 Å². The molecule has 8 nitrogen and oxygen atoms in total. The van der Waals surface area contributed by atoms with Gasteiger partial charge in [-0.05, 0) is 37.5 Å². The van der Waals surface area contributed by atoms with Gasteiger partial charge in [-0.2, -0.15) is 0 Å².